The highest BCUT2D eigenvalue weighted by Gasteiger charge is 2.14. The third-order valence-electron chi connectivity index (χ3n) is 4.57. The Balaban J connectivity index is 1.66. The number of hydrogen-bond donors (Lipinski definition) is 1. The molecule has 0 aliphatic heterocycles. The molecule has 0 atom stereocenters. The summed E-state index contributed by atoms with van der Waals surface area (Å²) in [7, 11) is 0. The van der Waals surface area contributed by atoms with Crippen LogP contribution in [0.2, 0.25) is 0 Å². The maximum Gasteiger partial charge on any atom is 0.349 e. The molecule has 3 aromatic carbocycles. The lowest BCUT2D eigenvalue weighted by Gasteiger charge is -2.13. The van der Waals surface area contributed by atoms with E-state index in [2.05, 4.69) is 10.3 Å². The van der Waals surface area contributed by atoms with Crippen LogP contribution in [0.15, 0.2) is 89.7 Å². The molecule has 0 saturated heterocycles. The van der Waals surface area contributed by atoms with Gasteiger partial charge in [0.2, 0.25) is 5.91 Å². The summed E-state index contributed by atoms with van der Waals surface area (Å²) in [5, 5.41) is 3.70. The van der Waals surface area contributed by atoms with E-state index in [0.29, 0.717) is 17.8 Å². The van der Waals surface area contributed by atoms with E-state index in [1.807, 2.05) is 84.9 Å². The number of para-hydroxylation sites is 1. The highest BCUT2D eigenvalue weighted by atomic mass is 16.2. The molecule has 0 spiro atoms. The molecule has 1 aromatic heterocycles. The highest BCUT2D eigenvalue weighted by Crippen LogP contribution is 2.24. The fourth-order valence-electron chi connectivity index (χ4n) is 3.19. The number of carbonyl (C=O) groups is 1. The first kappa shape index (κ1) is 17.7. The van der Waals surface area contributed by atoms with Crippen molar-refractivity contribution in [1.29, 1.82) is 0 Å². The summed E-state index contributed by atoms with van der Waals surface area (Å²) in [5.41, 5.74) is 2.76. The number of nitrogens with one attached hydrogen (secondary N) is 1. The number of benzene rings is 3. The molecule has 0 bridgehead atoms. The van der Waals surface area contributed by atoms with E-state index in [1.54, 1.807) is 0 Å². The molecule has 1 heterocycles. The molecule has 28 heavy (non-hydrogen) atoms. The lowest BCUT2D eigenvalue weighted by atomic mass is 10.1. The number of aromatic nitrogens is 2. The van der Waals surface area contributed by atoms with E-state index in [4.69, 9.17) is 0 Å². The number of rotatable bonds is 5. The Morgan fingerprint density at radius 3 is 2.25 bits per heavy atom. The van der Waals surface area contributed by atoms with Gasteiger partial charge in [0.25, 0.3) is 0 Å². The highest BCUT2D eigenvalue weighted by molar-refractivity contribution is 5.93. The molecule has 5 nitrogen and oxygen atoms in total. The van der Waals surface area contributed by atoms with Gasteiger partial charge in [0, 0.05) is 17.5 Å². The van der Waals surface area contributed by atoms with E-state index >= 15 is 0 Å². The Bertz CT molecular complexity index is 1170. The van der Waals surface area contributed by atoms with Gasteiger partial charge in [0.05, 0.1) is 11.2 Å². The average Bonchev–Trinajstić information content (AvgIpc) is 2.75. The van der Waals surface area contributed by atoms with Crippen molar-refractivity contribution in [1.82, 2.24) is 14.9 Å². The van der Waals surface area contributed by atoms with Gasteiger partial charge in [-0.2, -0.15) is 4.98 Å². The van der Waals surface area contributed by atoms with E-state index in [0.717, 1.165) is 16.5 Å². The van der Waals surface area contributed by atoms with Crippen molar-refractivity contribution in [2.45, 2.75) is 13.1 Å². The van der Waals surface area contributed by atoms with E-state index in [-0.39, 0.29) is 12.5 Å². The fourth-order valence-corrected chi connectivity index (χ4v) is 3.19. The first-order chi connectivity index (χ1) is 13.7. The molecule has 0 aliphatic rings. The van der Waals surface area contributed by atoms with Crippen LogP contribution < -0.4 is 11.0 Å². The summed E-state index contributed by atoms with van der Waals surface area (Å²) < 4.78 is 1.42. The van der Waals surface area contributed by atoms with Crippen LogP contribution in [-0.2, 0) is 17.9 Å². The summed E-state index contributed by atoms with van der Waals surface area (Å²) in [6.07, 6.45) is 0. The molecular weight excluding hydrogens is 350 g/mol. The van der Waals surface area contributed by atoms with Gasteiger partial charge < -0.3 is 5.32 Å². The zero-order valence-corrected chi connectivity index (χ0v) is 15.2. The van der Waals surface area contributed by atoms with Crippen molar-refractivity contribution in [2.75, 3.05) is 0 Å². The summed E-state index contributed by atoms with van der Waals surface area (Å²) in [4.78, 5) is 29.4. The minimum absolute atomic E-state index is 0.0751. The van der Waals surface area contributed by atoms with Crippen molar-refractivity contribution < 1.29 is 4.79 Å². The molecule has 1 amide bonds. The van der Waals surface area contributed by atoms with Crippen molar-refractivity contribution >= 4 is 16.8 Å². The van der Waals surface area contributed by atoms with Crippen LogP contribution in [0.4, 0.5) is 0 Å². The summed E-state index contributed by atoms with van der Waals surface area (Å²) in [6, 6.07) is 26.8. The topological polar surface area (TPSA) is 64.0 Å². The van der Waals surface area contributed by atoms with Crippen molar-refractivity contribution in [3.8, 4) is 11.3 Å². The van der Waals surface area contributed by atoms with Crippen LogP contribution in [0.3, 0.4) is 0 Å². The first-order valence-corrected chi connectivity index (χ1v) is 9.08. The Hall–Kier alpha value is -3.73. The molecule has 4 rings (SSSR count). The number of hydrogen-bond acceptors (Lipinski definition) is 3. The predicted octanol–water partition coefficient (Wildman–Crippen LogP) is 3.38. The standard InChI is InChI=1S/C23H19N3O2/c27-21(24-15-17-9-3-1-4-10-17)16-26-20-14-8-7-13-19(20)22(25-23(26)28)18-11-5-2-6-12-18/h1-14H,15-16H2,(H,24,27). The number of carbonyl (C=O) groups excluding carboxylic acids is 1. The summed E-state index contributed by atoms with van der Waals surface area (Å²) >= 11 is 0. The SMILES string of the molecule is O=C(Cn1c(=O)nc(-c2ccccc2)c2ccccc21)NCc1ccccc1. The third kappa shape index (κ3) is 3.69. The van der Waals surface area contributed by atoms with Crippen LogP contribution in [0.25, 0.3) is 22.2 Å². The quantitative estimate of drug-likeness (QED) is 0.587. The van der Waals surface area contributed by atoms with Crippen LogP contribution in [0, 0.1) is 0 Å². The largest absolute Gasteiger partial charge is 0.350 e. The van der Waals surface area contributed by atoms with E-state index < -0.39 is 5.69 Å². The van der Waals surface area contributed by atoms with Crippen molar-refractivity contribution in [2.24, 2.45) is 0 Å². The molecule has 0 unspecified atom stereocenters. The summed E-state index contributed by atoms with van der Waals surface area (Å²) in [6.45, 7) is 0.343. The third-order valence-corrected chi connectivity index (χ3v) is 4.57. The maximum absolute atomic E-state index is 12.7. The van der Waals surface area contributed by atoms with Gasteiger partial charge in [0.15, 0.2) is 0 Å². The normalized spacial score (nSPS) is 10.7. The van der Waals surface area contributed by atoms with Crippen LogP contribution in [0.5, 0.6) is 0 Å². The Kier molecular flexibility index (Phi) is 4.97. The molecule has 0 radical (unpaired) electrons. The number of amides is 1. The van der Waals surface area contributed by atoms with Gasteiger partial charge in [-0.1, -0.05) is 78.9 Å². The number of fused-ring (bicyclic) bond motifs is 1. The van der Waals surface area contributed by atoms with Crippen LogP contribution >= 0.6 is 0 Å². The second-order valence-corrected chi connectivity index (χ2v) is 6.47. The zero-order chi connectivity index (χ0) is 19.3. The Labute approximate surface area is 162 Å². The smallest absolute Gasteiger partial charge is 0.349 e. The zero-order valence-electron chi connectivity index (χ0n) is 15.2. The van der Waals surface area contributed by atoms with Crippen LogP contribution in [-0.4, -0.2) is 15.5 Å². The maximum atomic E-state index is 12.7. The number of nitrogens with zero attached hydrogens (tertiary/aromatic N) is 2. The minimum Gasteiger partial charge on any atom is -0.350 e. The van der Waals surface area contributed by atoms with Crippen LogP contribution in [0.1, 0.15) is 5.56 Å². The minimum atomic E-state index is -0.438. The van der Waals surface area contributed by atoms with Gasteiger partial charge in [-0.25, -0.2) is 4.79 Å². The monoisotopic (exact) mass is 369 g/mol. The van der Waals surface area contributed by atoms with Gasteiger partial charge in [0.1, 0.15) is 6.54 Å². The van der Waals surface area contributed by atoms with Gasteiger partial charge in [-0.05, 0) is 11.6 Å². The average molecular weight is 369 g/mol. The molecule has 0 fully saturated rings. The Morgan fingerprint density at radius 2 is 1.50 bits per heavy atom. The van der Waals surface area contributed by atoms with Crippen molar-refractivity contribution in [3.05, 3.63) is 101 Å². The molecule has 138 valence electrons. The molecule has 1 N–H and O–H groups in total. The second kappa shape index (κ2) is 7.88. The molecule has 0 saturated carbocycles. The van der Waals surface area contributed by atoms with E-state index in [9.17, 15) is 9.59 Å². The fraction of sp³-hybridized carbons (Fsp3) is 0.0870. The Morgan fingerprint density at radius 1 is 0.857 bits per heavy atom. The second-order valence-electron chi connectivity index (χ2n) is 6.47. The molecule has 0 aliphatic carbocycles. The van der Waals surface area contributed by atoms with E-state index in [1.165, 1.54) is 4.57 Å². The molecular formula is C23H19N3O2. The molecule has 4 aromatic rings. The lowest BCUT2D eigenvalue weighted by molar-refractivity contribution is -0.121. The van der Waals surface area contributed by atoms with Gasteiger partial charge >= 0.3 is 5.69 Å². The van der Waals surface area contributed by atoms with Crippen molar-refractivity contribution in [3.63, 3.8) is 0 Å². The first-order valence-electron chi connectivity index (χ1n) is 9.08. The lowest BCUT2D eigenvalue weighted by Crippen LogP contribution is -2.33. The summed E-state index contributed by atoms with van der Waals surface area (Å²) in [5.74, 6) is -0.231. The predicted molar refractivity (Wildman–Crippen MR) is 110 cm³/mol. The van der Waals surface area contributed by atoms with Gasteiger partial charge in [-0.3, -0.25) is 9.36 Å². The van der Waals surface area contributed by atoms with Gasteiger partial charge in [-0.15, -0.1) is 0 Å². The molecule has 5 heteroatoms.